The van der Waals surface area contributed by atoms with Crippen LogP contribution in [0.15, 0.2) is 64.5 Å². The molecule has 1 aliphatic carbocycles. The highest BCUT2D eigenvalue weighted by atomic mass is 32.2. The number of carbonyl (C=O) groups is 1. The fourth-order valence-corrected chi connectivity index (χ4v) is 6.08. The molecule has 0 saturated carbocycles. The molecule has 5 nitrogen and oxygen atoms in total. The Morgan fingerprint density at radius 3 is 2.55 bits per heavy atom. The molecule has 156 valence electrons. The molecule has 0 bridgehead atoms. The largest absolute Gasteiger partial charge is 0.497 e. The molecule has 0 N–H and O–H groups in total. The summed E-state index contributed by atoms with van der Waals surface area (Å²) in [6.07, 6.45) is 4.12. The van der Waals surface area contributed by atoms with Gasteiger partial charge in [0.15, 0.2) is 5.16 Å². The molecule has 1 aliphatic rings. The molecule has 2 aromatic heterocycles. The Balaban J connectivity index is 1.70. The van der Waals surface area contributed by atoms with Crippen molar-refractivity contribution in [1.82, 2.24) is 9.55 Å². The molecule has 0 amide bonds. The first kappa shape index (κ1) is 20.0. The van der Waals surface area contributed by atoms with Crippen molar-refractivity contribution in [2.75, 3.05) is 7.11 Å². The molecule has 2 aromatic carbocycles. The predicted molar refractivity (Wildman–Crippen MR) is 125 cm³/mol. The molecule has 0 spiro atoms. The summed E-state index contributed by atoms with van der Waals surface area (Å²) < 4.78 is 6.82. The Bertz CT molecular complexity index is 1330. The van der Waals surface area contributed by atoms with Crippen LogP contribution in [-0.4, -0.2) is 21.8 Å². The fourth-order valence-electron chi connectivity index (χ4n) is 3.93. The summed E-state index contributed by atoms with van der Waals surface area (Å²) in [5.74, 6) is 0.702. The van der Waals surface area contributed by atoms with E-state index >= 15 is 0 Å². The minimum Gasteiger partial charge on any atom is -0.497 e. The summed E-state index contributed by atoms with van der Waals surface area (Å²) >= 11 is 2.58. The Labute approximate surface area is 187 Å². The van der Waals surface area contributed by atoms with E-state index in [0.29, 0.717) is 27.5 Å². The van der Waals surface area contributed by atoms with Gasteiger partial charge in [0.2, 0.25) is 5.12 Å². The van der Waals surface area contributed by atoms with E-state index in [1.54, 1.807) is 35.1 Å². The van der Waals surface area contributed by atoms with Gasteiger partial charge in [-0.05, 0) is 67.3 Å². The van der Waals surface area contributed by atoms with Gasteiger partial charge in [-0.1, -0.05) is 30.3 Å². The molecule has 31 heavy (non-hydrogen) atoms. The van der Waals surface area contributed by atoms with E-state index in [4.69, 9.17) is 9.72 Å². The van der Waals surface area contributed by atoms with Gasteiger partial charge in [0.05, 0.1) is 18.2 Å². The second-order valence-corrected chi connectivity index (χ2v) is 9.40. The van der Waals surface area contributed by atoms with Gasteiger partial charge in [0.25, 0.3) is 5.56 Å². The molecule has 7 heteroatoms. The maximum atomic E-state index is 13.7. The number of carbonyl (C=O) groups excluding carboxylic acids is 1. The average Bonchev–Trinajstić information content (AvgIpc) is 3.18. The van der Waals surface area contributed by atoms with E-state index in [-0.39, 0.29) is 10.7 Å². The standard InChI is InChI=1S/C24H20N2O3S2/c1-29-17-13-11-16(12-14-17)26-22(27)20-18-9-5-6-10-19(18)30-21(20)25-24(26)31-23(28)15-7-3-2-4-8-15/h2-4,7-8,11-14H,5-6,9-10H2,1H3. The molecule has 0 saturated heterocycles. The predicted octanol–water partition coefficient (Wildman–Crippen LogP) is 5.27. The minimum atomic E-state index is -0.143. The summed E-state index contributed by atoms with van der Waals surface area (Å²) in [7, 11) is 1.60. The van der Waals surface area contributed by atoms with E-state index < -0.39 is 0 Å². The van der Waals surface area contributed by atoms with Crippen LogP contribution in [0.25, 0.3) is 15.9 Å². The number of aromatic nitrogens is 2. The van der Waals surface area contributed by atoms with Crippen LogP contribution in [-0.2, 0) is 12.8 Å². The highest BCUT2D eigenvalue weighted by Gasteiger charge is 2.24. The van der Waals surface area contributed by atoms with Gasteiger partial charge in [-0.2, -0.15) is 0 Å². The summed E-state index contributed by atoms with van der Waals surface area (Å²) in [6.45, 7) is 0. The van der Waals surface area contributed by atoms with Crippen LogP contribution in [0, 0.1) is 0 Å². The monoisotopic (exact) mass is 448 g/mol. The summed E-state index contributed by atoms with van der Waals surface area (Å²) in [4.78, 5) is 33.5. The molecule has 2 heterocycles. The fraction of sp³-hybridized carbons (Fsp3) is 0.208. The Morgan fingerprint density at radius 2 is 1.81 bits per heavy atom. The highest BCUT2D eigenvalue weighted by molar-refractivity contribution is 8.14. The zero-order chi connectivity index (χ0) is 21.4. The molecule has 0 atom stereocenters. The summed E-state index contributed by atoms with van der Waals surface area (Å²) in [5, 5.41) is 0.942. The second kappa shape index (κ2) is 8.32. The third-order valence-electron chi connectivity index (χ3n) is 5.48. The second-order valence-electron chi connectivity index (χ2n) is 7.38. The van der Waals surface area contributed by atoms with Gasteiger partial charge in [-0.15, -0.1) is 11.3 Å². The van der Waals surface area contributed by atoms with Crippen molar-refractivity contribution < 1.29 is 9.53 Å². The molecule has 5 rings (SSSR count). The van der Waals surface area contributed by atoms with Gasteiger partial charge >= 0.3 is 0 Å². The minimum absolute atomic E-state index is 0.113. The van der Waals surface area contributed by atoms with E-state index in [2.05, 4.69) is 0 Å². The maximum absolute atomic E-state index is 13.7. The topological polar surface area (TPSA) is 61.2 Å². The summed E-state index contributed by atoms with van der Waals surface area (Å²) in [6, 6.07) is 16.3. The van der Waals surface area contributed by atoms with Crippen LogP contribution >= 0.6 is 23.1 Å². The SMILES string of the molecule is COc1ccc(-n2c(SC(=O)c3ccccc3)nc3sc4c(c3c2=O)CCCC4)cc1. The maximum Gasteiger partial charge on any atom is 0.267 e. The lowest BCUT2D eigenvalue weighted by Crippen LogP contribution is -2.22. The van der Waals surface area contributed by atoms with Crippen molar-refractivity contribution >= 4 is 38.4 Å². The molecule has 0 aliphatic heterocycles. The van der Waals surface area contributed by atoms with Crippen LogP contribution < -0.4 is 10.3 Å². The normalized spacial score (nSPS) is 13.2. The number of rotatable bonds is 4. The van der Waals surface area contributed by atoms with E-state index in [1.165, 1.54) is 4.88 Å². The average molecular weight is 449 g/mol. The molecular formula is C24H20N2O3S2. The number of methoxy groups -OCH3 is 1. The first-order valence-corrected chi connectivity index (χ1v) is 11.8. The van der Waals surface area contributed by atoms with Gasteiger partial charge < -0.3 is 4.74 Å². The lowest BCUT2D eigenvalue weighted by Gasteiger charge is -2.13. The molecule has 4 aromatic rings. The van der Waals surface area contributed by atoms with Crippen LogP contribution in [0.1, 0.15) is 33.6 Å². The number of benzene rings is 2. The number of hydrogen-bond donors (Lipinski definition) is 0. The lowest BCUT2D eigenvalue weighted by molar-refractivity contribution is 0.108. The third kappa shape index (κ3) is 3.68. The van der Waals surface area contributed by atoms with E-state index in [0.717, 1.165) is 47.8 Å². The Hall–Kier alpha value is -2.90. The smallest absolute Gasteiger partial charge is 0.267 e. The van der Waals surface area contributed by atoms with Crippen molar-refractivity contribution in [3.05, 3.63) is 81.0 Å². The van der Waals surface area contributed by atoms with Crippen LogP contribution in [0.4, 0.5) is 0 Å². The number of hydrogen-bond acceptors (Lipinski definition) is 6. The van der Waals surface area contributed by atoms with Gasteiger partial charge in [0, 0.05) is 10.4 Å². The Kier molecular flexibility index (Phi) is 5.38. The molecular weight excluding hydrogens is 428 g/mol. The number of ether oxygens (including phenoxy) is 1. The molecule has 0 unspecified atom stereocenters. The van der Waals surface area contributed by atoms with Crippen LogP contribution in [0.5, 0.6) is 5.75 Å². The zero-order valence-corrected chi connectivity index (χ0v) is 18.6. The molecule has 0 radical (unpaired) electrons. The number of aryl methyl sites for hydroxylation is 2. The highest BCUT2D eigenvalue weighted by Crippen LogP contribution is 2.35. The number of nitrogens with zero attached hydrogens (tertiary/aromatic N) is 2. The van der Waals surface area contributed by atoms with Crippen molar-refractivity contribution in [3.63, 3.8) is 0 Å². The van der Waals surface area contributed by atoms with E-state index in [1.807, 2.05) is 42.5 Å². The quantitative estimate of drug-likeness (QED) is 0.315. The van der Waals surface area contributed by atoms with Gasteiger partial charge in [-0.3, -0.25) is 14.2 Å². The van der Waals surface area contributed by atoms with E-state index in [9.17, 15) is 9.59 Å². The lowest BCUT2D eigenvalue weighted by atomic mass is 9.97. The number of thioether (sulfide) groups is 1. The first-order chi connectivity index (χ1) is 15.2. The van der Waals surface area contributed by atoms with Crippen molar-refractivity contribution in [3.8, 4) is 11.4 Å². The van der Waals surface area contributed by atoms with Crippen LogP contribution in [0.2, 0.25) is 0 Å². The molecule has 0 fully saturated rings. The third-order valence-corrected chi connectivity index (χ3v) is 7.55. The van der Waals surface area contributed by atoms with Crippen molar-refractivity contribution in [2.24, 2.45) is 0 Å². The Morgan fingerprint density at radius 1 is 1.06 bits per heavy atom. The zero-order valence-electron chi connectivity index (χ0n) is 17.0. The number of thiophene rings is 1. The number of fused-ring (bicyclic) bond motifs is 3. The first-order valence-electron chi connectivity index (χ1n) is 10.1. The van der Waals surface area contributed by atoms with Crippen molar-refractivity contribution in [1.29, 1.82) is 0 Å². The van der Waals surface area contributed by atoms with Crippen molar-refractivity contribution in [2.45, 2.75) is 30.8 Å². The summed E-state index contributed by atoms with van der Waals surface area (Å²) in [5.41, 5.74) is 2.27. The van der Waals surface area contributed by atoms with Crippen LogP contribution in [0.3, 0.4) is 0 Å². The van der Waals surface area contributed by atoms with Gasteiger partial charge in [-0.25, -0.2) is 4.98 Å². The van der Waals surface area contributed by atoms with Gasteiger partial charge in [0.1, 0.15) is 10.6 Å².